The standard InChI is InChI=1S/C22H20N2O4S/c1-2-3-10-24-21(27)17-6-4-5-7-18(17)23-22(24)29-13-14-11-20(26)28-19-12-15(25)8-9-16(14)19/h4-9,11-12,25H,2-3,10,13H2,1H3. The highest BCUT2D eigenvalue weighted by molar-refractivity contribution is 7.98. The van der Waals surface area contributed by atoms with Gasteiger partial charge >= 0.3 is 5.63 Å². The molecule has 4 rings (SSSR count). The number of aromatic hydroxyl groups is 1. The number of phenolic OH excluding ortho intramolecular Hbond substituents is 1. The van der Waals surface area contributed by atoms with Gasteiger partial charge in [-0.25, -0.2) is 9.78 Å². The molecule has 0 saturated heterocycles. The normalized spacial score (nSPS) is 11.3. The number of aromatic nitrogens is 2. The van der Waals surface area contributed by atoms with Crippen LogP contribution in [-0.4, -0.2) is 14.7 Å². The van der Waals surface area contributed by atoms with E-state index in [-0.39, 0.29) is 11.3 Å². The summed E-state index contributed by atoms with van der Waals surface area (Å²) >= 11 is 1.42. The maximum atomic E-state index is 13.0. The zero-order valence-corrected chi connectivity index (χ0v) is 16.7. The molecule has 0 aliphatic heterocycles. The molecule has 2 aromatic carbocycles. The number of unbranched alkanes of at least 4 members (excludes halogenated alkanes) is 1. The first-order valence-corrected chi connectivity index (χ1v) is 10.4. The fourth-order valence-corrected chi connectivity index (χ4v) is 4.27. The Balaban J connectivity index is 1.76. The van der Waals surface area contributed by atoms with Crippen LogP contribution in [0.5, 0.6) is 5.75 Å². The number of rotatable bonds is 6. The molecule has 0 aliphatic rings. The third kappa shape index (κ3) is 3.91. The van der Waals surface area contributed by atoms with Crippen molar-refractivity contribution in [3.63, 3.8) is 0 Å². The van der Waals surface area contributed by atoms with E-state index >= 15 is 0 Å². The zero-order chi connectivity index (χ0) is 20.4. The SMILES string of the molecule is CCCCn1c(SCc2cc(=O)oc3cc(O)ccc23)nc2ccccc2c1=O. The van der Waals surface area contributed by atoms with E-state index in [1.807, 2.05) is 18.2 Å². The Morgan fingerprint density at radius 2 is 1.93 bits per heavy atom. The molecular formula is C22H20N2O4S. The summed E-state index contributed by atoms with van der Waals surface area (Å²) in [6.07, 6.45) is 1.85. The van der Waals surface area contributed by atoms with Gasteiger partial charge in [0.15, 0.2) is 5.16 Å². The molecule has 0 atom stereocenters. The van der Waals surface area contributed by atoms with Crippen LogP contribution in [0.15, 0.2) is 67.7 Å². The molecule has 0 saturated carbocycles. The van der Waals surface area contributed by atoms with Crippen molar-refractivity contribution in [2.75, 3.05) is 0 Å². The lowest BCUT2D eigenvalue weighted by Gasteiger charge is -2.13. The lowest BCUT2D eigenvalue weighted by molar-refractivity contribution is 0.473. The van der Waals surface area contributed by atoms with Crippen LogP contribution < -0.4 is 11.2 Å². The molecule has 4 aromatic rings. The molecule has 29 heavy (non-hydrogen) atoms. The summed E-state index contributed by atoms with van der Waals surface area (Å²) in [5.41, 5.74) is 1.24. The summed E-state index contributed by atoms with van der Waals surface area (Å²) in [7, 11) is 0. The summed E-state index contributed by atoms with van der Waals surface area (Å²) in [6.45, 7) is 2.68. The topological polar surface area (TPSA) is 85.3 Å². The molecule has 148 valence electrons. The van der Waals surface area contributed by atoms with Gasteiger partial charge < -0.3 is 9.52 Å². The van der Waals surface area contributed by atoms with Gasteiger partial charge in [-0.3, -0.25) is 9.36 Å². The first kappa shape index (κ1) is 19.3. The summed E-state index contributed by atoms with van der Waals surface area (Å²) in [5.74, 6) is 0.485. The molecule has 0 radical (unpaired) electrons. The molecule has 7 heteroatoms. The quantitative estimate of drug-likeness (QED) is 0.291. The average molecular weight is 408 g/mol. The van der Waals surface area contributed by atoms with Crippen molar-refractivity contribution in [3.05, 3.63) is 74.9 Å². The van der Waals surface area contributed by atoms with Crippen molar-refractivity contribution in [1.82, 2.24) is 9.55 Å². The fraction of sp³-hybridized carbons (Fsp3) is 0.227. The van der Waals surface area contributed by atoms with Crippen LogP contribution in [0.25, 0.3) is 21.9 Å². The van der Waals surface area contributed by atoms with Gasteiger partial charge in [0.25, 0.3) is 5.56 Å². The average Bonchev–Trinajstić information content (AvgIpc) is 2.71. The van der Waals surface area contributed by atoms with Crippen molar-refractivity contribution in [2.24, 2.45) is 0 Å². The van der Waals surface area contributed by atoms with Crippen LogP contribution in [0.1, 0.15) is 25.3 Å². The van der Waals surface area contributed by atoms with E-state index in [0.717, 1.165) is 23.8 Å². The first-order valence-electron chi connectivity index (χ1n) is 9.45. The van der Waals surface area contributed by atoms with Gasteiger partial charge in [0, 0.05) is 29.8 Å². The highest BCUT2D eigenvalue weighted by Crippen LogP contribution is 2.28. The van der Waals surface area contributed by atoms with Crippen molar-refractivity contribution in [2.45, 2.75) is 37.2 Å². The number of fused-ring (bicyclic) bond motifs is 2. The number of hydrogen-bond acceptors (Lipinski definition) is 6. The minimum Gasteiger partial charge on any atom is -0.508 e. The van der Waals surface area contributed by atoms with Gasteiger partial charge in [0.1, 0.15) is 11.3 Å². The Labute approximate surface area is 170 Å². The minimum absolute atomic E-state index is 0.0371. The third-order valence-electron chi connectivity index (χ3n) is 4.73. The maximum absolute atomic E-state index is 13.0. The van der Waals surface area contributed by atoms with Crippen molar-refractivity contribution < 1.29 is 9.52 Å². The second-order valence-corrected chi connectivity index (χ2v) is 7.72. The van der Waals surface area contributed by atoms with Gasteiger partial charge in [-0.2, -0.15) is 0 Å². The Morgan fingerprint density at radius 3 is 2.76 bits per heavy atom. The van der Waals surface area contributed by atoms with Gasteiger partial charge in [0.2, 0.25) is 0 Å². The number of phenols is 1. The van der Waals surface area contributed by atoms with Crippen LogP contribution in [0.4, 0.5) is 0 Å². The van der Waals surface area contributed by atoms with Crippen LogP contribution in [0.2, 0.25) is 0 Å². The largest absolute Gasteiger partial charge is 0.508 e. The van der Waals surface area contributed by atoms with E-state index in [2.05, 4.69) is 6.92 Å². The van der Waals surface area contributed by atoms with Gasteiger partial charge in [-0.15, -0.1) is 0 Å². The fourth-order valence-electron chi connectivity index (χ4n) is 3.25. The van der Waals surface area contributed by atoms with E-state index in [1.165, 1.54) is 23.9 Å². The van der Waals surface area contributed by atoms with E-state index in [1.54, 1.807) is 22.8 Å². The highest BCUT2D eigenvalue weighted by Gasteiger charge is 2.13. The summed E-state index contributed by atoms with van der Waals surface area (Å²) in [6, 6.07) is 13.5. The Hall–Kier alpha value is -3.06. The Morgan fingerprint density at radius 1 is 1.10 bits per heavy atom. The van der Waals surface area contributed by atoms with Crippen LogP contribution in [-0.2, 0) is 12.3 Å². The van der Waals surface area contributed by atoms with Gasteiger partial charge in [0.05, 0.1) is 10.9 Å². The van der Waals surface area contributed by atoms with Crippen LogP contribution in [0.3, 0.4) is 0 Å². The smallest absolute Gasteiger partial charge is 0.336 e. The predicted octanol–water partition coefficient (Wildman–Crippen LogP) is 4.30. The van der Waals surface area contributed by atoms with E-state index in [0.29, 0.717) is 33.9 Å². The summed E-state index contributed by atoms with van der Waals surface area (Å²) in [4.78, 5) is 29.6. The number of hydrogen-bond donors (Lipinski definition) is 1. The molecule has 0 unspecified atom stereocenters. The van der Waals surface area contributed by atoms with Crippen LogP contribution in [0, 0.1) is 0 Å². The highest BCUT2D eigenvalue weighted by atomic mass is 32.2. The number of nitrogens with zero attached hydrogens (tertiary/aromatic N) is 2. The second kappa shape index (κ2) is 8.13. The van der Waals surface area contributed by atoms with Crippen molar-refractivity contribution in [3.8, 4) is 5.75 Å². The number of para-hydroxylation sites is 1. The molecular weight excluding hydrogens is 388 g/mol. The lowest BCUT2D eigenvalue weighted by Crippen LogP contribution is -2.23. The second-order valence-electron chi connectivity index (χ2n) is 6.78. The number of benzene rings is 2. The third-order valence-corrected chi connectivity index (χ3v) is 5.76. The van der Waals surface area contributed by atoms with Crippen molar-refractivity contribution in [1.29, 1.82) is 0 Å². The van der Waals surface area contributed by atoms with Crippen LogP contribution >= 0.6 is 11.8 Å². The summed E-state index contributed by atoms with van der Waals surface area (Å²) < 4.78 is 6.91. The molecule has 0 amide bonds. The van der Waals surface area contributed by atoms with E-state index in [9.17, 15) is 14.7 Å². The lowest BCUT2D eigenvalue weighted by atomic mass is 10.1. The molecule has 2 heterocycles. The molecule has 6 nitrogen and oxygen atoms in total. The monoisotopic (exact) mass is 408 g/mol. The molecule has 1 N–H and O–H groups in total. The number of thioether (sulfide) groups is 1. The molecule has 0 aliphatic carbocycles. The first-order chi connectivity index (χ1) is 14.1. The zero-order valence-electron chi connectivity index (χ0n) is 15.9. The Bertz CT molecular complexity index is 1310. The van der Waals surface area contributed by atoms with Gasteiger partial charge in [-0.05, 0) is 36.2 Å². The van der Waals surface area contributed by atoms with Gasteiger partial charge in [-0.1, -0.05) is 37.2 Å². The molecule has 2 aromatic heterocycles. The Kier molecular flexibility index (Phi) is 5.40. The van der Waals surface area contributed by atoms with E-state index in [4.69, 9.17) is 9.40 Å². The molecule has 0 bridgehead atoms. The van der Waals surface area contributed by atoms with E-state index < -0.39 is 5.63 Å². The molecule has 0 fully saturated rings. The van der Waals surface area contributed by atoms with Crippen molar-refractivity contribution >= 4 is 33.6 Å². The predicted molar refractivity (Wildman–Crippen MR) is 115 cm³/mol. The summed E-state index contributed by atoms with van der Waals surface area (Å²) in [5, 5.41) is 11.6. The minimum atomic E-state index is -0.478. The molecule has 0 spiro atoms. The maximum Gasteiger partial charge on any atom is 0.336 e.